The third kappa shape index (κ3) is 4.82. The van der Waals surface area contributed by atoms with Crippen molar-refractivity contribution in [1.82, 2.24) is 25.1 Å². The van der Waals surface area contributed by atoms with Gasteiger partial charge in [-0.3, -0.25) is 4.90 Å². The second-order valence-electron chi connectivity index (χ2n) is 6.49. The third-order valence-corrected chi connectivity index (χ3v) is 4.86. The summed E-state index contributed by atoms with van der Waals surface area (Å²) in [6, 6.07) is 8.92. The monoisotopic (exact) mass is 341 g/mol. The minimum atomic E-state index is -0.101. The molecule has 6 nitrogen and oxygen atoms in total. The van der Waals surface area contributed by atoms with E-state index in [0.29, 0.717) is 19.1 Å². The van der Waals surface area contributed by atoms with E-state index < -0.39 is 0 Å². The molecular formula is C19H27N5O. The highest BCUT2D eigenvalue weighted by Gasteiger charge is 2.22. The van der Waals surface area contributed by atoms with Gasteiger partial charge < -0.3 is 15.2 Å². The first kappa shape index (κ1) is 17.5. The van der Waals surface area contributed by atoms with Gasteiger partial charge in [-0.15, -0.1) is 0 Å². The standard InChI is InChI=1S/C19H27N5O/c1-2-18(24-10-7-16-5-3-4-6-17(16)14-24)13-22-19(25)21-9-12-23-11-8-20-15-23/h3-6,8,11,15,18H,2,7,9-10,12-14H2,1H3,(H2,21,22,25). The Kier molecular flexibility index (Phi) is 6.06. The zero-order chi connectivity index (χ0) is 17.5. The Morgan fingerprint density at radius 2 is 2.12 bits per heavy atom. The maximum Gasteiger partial charge on any atom is 0.314 e. The molecule has 2 amide bonds. The molecule has 0 fully saturated rings. The van der Waals surface area contributed by atoms with Gasteiger partial charge in [0.1, 0.15) is 0 Å². The lowest BCUT2D eigenvalue weighted by molar-refractivity contribution is 0.169. The van der Waals surface area contributed by atoms with Gasteiger partial charge in [0, 0.05) is 51.2 Å². The zero-order valence-electron chi connectivity index (χ0n) is 14.8. The average Bonchev–Trinajstić information content (AvgIpc) is 3.15. The number of hydrogen-bond acceptors (Lipinski definition) is 3. The highest BCUT2D eigenvalue weighted by atomic mass is 16.2. The quantitative estimate of drug-likeness (QED) is 0.810. The third-order valence-electron chi connectivity index (χ3n) is 4.86. The fraction of sp³-hybridized carbons (Fsp3) is 0.474. The molecule has 6 heteroatoms. The Balaban J connectivity index is 1.42. The van der Waals surface area contributed by atoms with Crippen molar-refractivity contribution in [2.24, 2.45) is 0 Å². The van der Waals surface area contributed by atoms with Gasteiger partial charge in [0.25, 0.3) is 0 Å². The number of nitrogens with zero attached hydrogens (tertiary/aromatic N) is 3. The topological polar surface area (TPSA) is 62.2 Å². The van der Waals surface area contributed by atoms with Crippen LogP contribution in [0, 0.1) is 0 Å². The van der Waals surface area contributed by atoms with Crippen molar-refractivity contribution in [1.29, 1.82) is 0 Å². The van der Waals surface area contributed by atoms with Crippen molar-refractivity contribution < 1.29 is 4.79 Å². The molecule has 25 heavy (non-hydrogen) atoms. The van der Waals surface area contributed by atoms with Crippen LogP contribution in [0.2, 0.25) is 0 Å². The largest absolute Gasteiger partial charge is 0.337 e. The van der Waals surface area contributed by atoms with Crippen molar-refractivity contribution in [2.45, 2.75) is 38.9 Å². The Labute approximate surface area is 149 Å². The molecule has 2 heterocycles. The van der Waals surface area contributed by atoms with Gasteiger partial charge >= 0.3 is 6.03 Å². The molecule has 2 N–H and O–H groups in total. The van der Waals surface area contributed by atoms with Crippen LogP contribution >= 0.6 is 0 Å². The van der Waals surface area contributed by atoms with Crippen LogP contribution in [0.1, 0.15) is 24.5 Å². The molecule has 3 rings (SSSR count). The first-order valence-corrected chi connectivity index (χ1v) is 9.04. The molecule has 0 saturated heterocycles. The summed E-state index contributed by atoms with van der Waals surface area (Å²) in [6.07, 6.45) is 7.49. The molecule has 1 aliphatic rings. The van der Waals surface area contributed by atoms with E-state index in [1.165, 1.54) is 11.1 Å². The minimum Gasteiger partial charge on any atom is -0.337 e. The summed E-state index contributed by atoms with van der Waals surface area (Å²) in [5.41, 5.74) is 2.87. The number of carbonyl (C=O) groups excluding carboxylic acids is 1. The molecule has 0 bridgehead atoms. The smallest absolute Gasteiger partial charge is 0.314 e. The zero-order valence-corrected chi connectivity index (χ0v) is 14.8. The maximum absolute atomic E-state index is 12.0. The molecule has 1 atom stereocenters. The number of imidazole rings is 1. The van der Waals surface area contributed by atoms with Gasteiger partial charge in [-0.1, -0.05) is 31.2 Å². The van der Waals surface area contributed by atoms with Crippen LogP contribution in [0.3, 0.4) is 0 Å². The van der Waals surface area contributed by atoms with E-state index in [0.717, 1.165) is 32.5 Å². The highest BCUT2D eigenvalue weighted by Crippen LogP contribution is 2.21. The Morgan fingerprint density at radius 3 is 2.88 bits per heavy atom. The number of aromatic nitrogens is 2. The number of benzene rings is 1. The van der Waals surface area contributed by atoms with E-state index in [4.69, 9.17) is 0 Å². The van der Waals surface area contributed by atoms with Crippen LogP contribution in [-0.2, 0) is 19.5 Å². The average molecular weight is 341 g/mol. The van der Waals surface area contributed by atoms with E-state index in [-0.39, 0.29) is 6.03 Å². The van der Waals surface area contributed by atoms with Crippen LogP contribution in [-0.4, -0.2) is 46.2 Å². The van der Waals surface area contributed by atoms with E-state index in [2.05, 4.69) is 51.7 Å². The maximum atomic E-state index is 12.0. The summed E-state index contributed by atoms with van der Waals surface area (Å²) in [6.45, 7) is 6.21. The lowest BCUT2D eigenvalue weighted by Crippen LogP contribution is -2.48. The number of rotatable bonds is 7. The number of carbonyl (C=O) groups is 1. The molecule has 0 spiro atoms. The molecule has 0 saturated carbocycles. The molecule has 1 aromatic carbocycles. The molecule has 1 aromatic heterocycles. The molecule has 2 aromatic rings. The van der Waals surface area contributed by atoms with E-state index >= 15 is 0 Å². The van der Waals surface area contributed by atoms with Crippen LogP contribution < -0.4 is 10.6 Å². The van der Waals surface area contributed by atoms with Crippen molar-refractivity contribution in [3.8, 4) is 0 Å². The normalized spacial score (nSPS) is 15.4. The van der Waals surface area contributed by atoms with Crippen LogP contribution in [0.25, 0.3) is 0 Å². The van der Waals surface area contributed by atoms with Crippen molar-refractivity contribution >= 4 is 6.03 Å². The van der Waals surface area contributed by atoms with Crippen molar-refractivity contribution in [3.05, 3.63) is 54.1 Å². The Hall–Kier alpha value is -2.34. The minimum absolute atomic E-state index is 0.101. The summed E-state index contributed by atoms with van der Waals surface area (Å²) in [5, 5.41) is 5.92. The predicted molar refractivity (Wildman–Crippen MR) is 98.3 cm³/mol. The van der Waals surface area contributed by atoms with Crippen molar-refractivity contribution in [3.63, 3.8) is 0 Å². The van der Waals surface area contributed by atoms with Crippen molar-refractivity contribution in [2.75, 3.05) is 19.6 Å². The first-order chi connectivity index (χ1) is 12.3. The van der Waals surface area contributed by atoms with E-state index in [1.54, 1.807) is 12.5 Å². The van der Waals surface area contributed by atoms with Gasteiger partial charge in [0.2, 0.25) is 0 Å². The fourth-order valence-electron chi connectivity index (χ4n) is 3.35. The summed E-state index contributed by atoms with van der Waals surface area (Å²) in [7, 11) is 0. The SMILES string of the molecule is CCC(CNC(=O)NCCn1ccnc1)N1CCc2ccccc2C1. The lowest BCUT2D eigenvalue weighted by atomic mass is 9.98. The first-order valence-electron chi connectivity index (χ1n) is 9.04. The van der Waals surface area contributed by atoms with Crippen LogP contribution in [0.5, 0.6) is 0 Å². The number of fused-ring (bicyclic) bond motifs is 1. The Bertz CT molecular complexity index is 670. The predicted octanol–water partition coefficient (Wildman–Crippen LogP) is 2.02. The lowest BCUT2D eigenvalue weighted by Gasteiger charge is -2.35. The summed E-state index contributed by atoms with van der Waals surface area (Å²) in [4.78, 5) is 18.5. The van der Waals surface area contributed by atoms with Gasteiger partial charge in [0.05, 0.1) is 6.33 Å². The molecule has 134 valence electrons. The molecular weight excluding hydrogens is 314 g/mol. The molecule has 0 aliphatic carbocycles. The number of urea groups is 1. The number of hydrogen-bond donors (Lipinski definition) is 2. The van der Waals surface area contributed by atoms with Gasteiger partial charge in [-0.25, -0.2) is 9.78 Å². The van der Waals surface area contributed by atoms with Crippen LogP contribution in [0.4, 0.5) is 4.79 Å². The highest BCUT2D eigenvalue weighted by molar-refractivity contribution is 5.73. The fourth-order valence-corrected chi connectivity index (χ4v) is 3.35. The Morgan fingerprint density at radius 1 is 1.28 bits per heavy atom. The molecule has 1 unspecified atom stereocenters. The summed E-state index contributed by atoms with van der Waals surface area (Å²) in [5.74, 6) is 0. The number of nitrogens with one attached hydrogen (secondary N) is 2. The van der Waals surface area contributed by atoms with E-state index in [1.807, 2.05) is 10.8 Å². The second-order valence-corrected chi connectivity index (χ2v) is 6.49. The van der Waals surface area contributed by atoms with Gasteiger partial charge in [-0.2, -0.15) is 0 Å². The van der Waals surface area contributed by atoms with Crippen LogP contribution in [0.15, 0.2) is 43.0 Å². The second kappa shape index (κ2) is 8.67. The molecule has 1 aliphatic heterocycles. The van der Waals surface area contributed by atoms with Gasteiger partial charge in [0.15, 0.2) is 0 Å². The number of amides is 2. The van der Waals surface area contributed by atoms with Gasteiger partial charge in [-0.05, 0) is 24.0 Å². The summed E-state index contributed by atoms with van der Waals surface area (Å²) >= 11 is 0. The molecule has 0 radical (unpaired) electrons. The summed E-state index contributed by atoms with van der Waals surface area (Å²) < 4.78 is 1.94. The van der Waals surface area contributed by atoms with E-state index in [9.17, 15) is 4.79 Å².